The van der Waals surface area contributed by atoms with Crippen LogP contribution in [0.1, 0.15) is 401 Å². The number of unbranched alkanes of at least 4 members (excludes halogenated alkanes) is 45. The van der Waals surface area contributed by atoms with Gasteiger partial charge in [0, 0.05) is 25.7 Å². The van der Waals surface area contributed by atoms with Crippen molar-refractivity contribution in [2.24, 2.45) is 11.8 Å². The summed E-state index contributed by atoms with van der Waals surface area (Å²) < 4.78 is 68.6. The van der Waals surface area contributed by atoms with Crippen LogP contribution in [-0.4, -0.2) is 96.7 Å². The second kappa shape index (κ2) is 68.8. The first-order valence-corrected chi connectivity index (χ1v) is 43.0. The molecule has 0 radical (unpaired) electrons. The number of hydrogen-bond donors (Lipinski definition) is 3. The summed E-state index contributed by atoms with van der Waals surface area (Å²) in [6, 6.07) is 0. The minimum atomic E-state index is -4.96. The zero-order valence-electron chi connectivity index (χ0n) is 62.7. The molecule has 0 aliphatic heterocycles. The highest BCUT2D eigenvalue weighted by Crippen LogP contribution is 2.45. The third kappa shape index (κ3) is 69.2. The monoisotopic (exact) mass is 1410 g/mol. The number of rotatable bonds is 76. The van der Waals surface area contributed by atoms with Gasteiger partial charge in [-0.15, -0.1) is 0 Å². The molecule has 96 heavy (non-hydrogen) atoms. The zero-order valence-corrected chi connectivity index (χ0v) is 64.5. The van der Waals surface area contributed by atoms with Crippen molar-refractivity contribution in [3.05, 3.63) is 0 Å². The number of aliphatic hydroxyl groups excluding tert-OH is 1. The molecule has 0 saturated carbocycles. The van der Waals surface area contributed by atoms with Gasteiger partial charge in [-0.3, -0.25) is 37.3 Å². The van der Waals surface area contributed by atoms with Crippen LogP contribution in [-0.2, 0) is 65.4 Å². The van der Waals surface area contributed by atoms with Crippen LogP contribution in [0.5, 0.6) is 0 Å². The summed E-state index contributed by atoms with van der Waals surface area (Å²) in [5.41, 5.74) is 0. The molecule has 0 bridgehead atoms. The lowest BCUT2D eigenvalue weighted by atomic mass is 9.99. The van der Waals surface area contributed by atoms with Crippen molar-refractivity contribution in [2.75, 3.05) is 39.6 Å². The van der Waals surface area contributed by atoms with Crippen LogP contribution in [0.4, 0.5) is 0 Å². The minimum Gasteiger partial charge on any atom is -0.462 e. The number of hydrogen-bond acceptors (Lipinski definition) is 15. The minimum absolute atomic E-state index is 0.107. The topological polar surface area (TPSA) is 237 Å². The maximum absolute atomic E-state index is 13.1. The van der Waals surface area contributed by atoms with Crippen molar-refractivity contribution in [1.82, 2.24) is 0 Å². The lowest BCUT2D eigenvalue weighted by Crippen LogP contribution is -2.30. The fraction of sp³-hybridized carbons (Fsp3) is 0.948. The molecule has 0 aliphatic rings. The Morgan fingerprint density at radius 1 is 0.302 bits per heavy atom. The molecule has 0 aliphatic carbocycles. The van der Waals surface area contributed by atoms with E-state index in [0.717, 1.165) is 102 Å². The summed E-state index contributed by atoms with van der Waals surface area (Å²) in [7, 11) is -9.91. The van der Waals surface area contributed by atoms with Crippen LogP contribution in [0.25, 0.3) is 0 Å². The van der Waals surface area contributed by atoms with Gasteiger partial charge in [0.2, 0.25) is 0 Å². The smallest absolute Gasteiger partial charge is 0.462 e. The fourth-order valence-corrected chi connectivity index (χ4v) is 13.4. The number of carbonyl (C=O) groups is 4. The molecular formula is C77H150O17P2. The predicted molar refractivity (Wildman–Crippen MR) is 391 cm³/mol. The van der Waals surface area contributed by atoms with Crippen LogP contribution in [0.2, 0.25) is 0 Å². The Labute approximate surface area is 588 Å². The van der Waals surface area contributed by atoms with Crippen LogP contribution in [0.3, 0.4) is 0 Å². The van der Waals surface area contributed by atoms with E-state index >= 15 is 0 Å². The Morgan fingerprint density at radius 2 is 0.531 bits per heavy atom. The van der Waals surface area contributed by atoms with Gasteiger partial charge in [-0.1, -0.05) is 350 Å². The SMILES string of the molecule is CCCCCCCCCCCCCCCCCC(=O)OC[C@H](COP(=O)(O)OC[C@@H](O)COP(=O)(O)OC[C@@H](COC(=O)CCCCCCCCCCC(C)CC)OC(=O)CCCCCCCCCCCCCCC)OC(=O)CCCCCCCCCCCCCCCC(C)C. The molecule has 570 valence electrons. The van der Waals surface area contributed by atoms with Gasteiger partial charge in [0.1, 0.15) is 19.3 Å². The molecule has 0 heterocycles. The van der Waals surface area contributed by atoms with E-state index in [0.29, 0.717) is 25.7 Å². The number of phosphoric ester groups is 2. The van der Waals surface area contributed by atoms with Crippen molar-refractivity contribution in [1.29, 1.82) is 0 Å². The van der Waals surface area contributed by atoms with Crippen LogP contribution >= 0.6 is 15.6 Å². The standard InChI is InChI=1S/C77H150O17P2/c1-7-10-12-14-16-18-20-22-23-27-30-34-41-47-53-59-74(79)87-65-72(93-77(82)62-56-50-44-36-32-28-24-26-29-33-39-45-51-57-69(4)5)67-91-95(83,84)89-63-71(78)64-90-96(85,86)92-68-73(66-88-75(80)60-54-48-42-38-37-40-46-52-58-70(6)9-3)94-76(81)61-55-49-43-35-31-25-21-19-17-15-13-11-8-2/h69-73,78H,7-68H2,1-6H3,(H,83,84)(H,85,86)/t70?,71-,72-,73-/m1/s1. The van der Waals surface area contributed by atoms with Crippen LogP contribution < -0.4 is 0 Å². The van der Waals surface area contributed by atoms with Crippen molar-refractivity contribution in [3.8, 4) is 0 Å². The number of esters is 4. The van der Waals surface area contributed by atoms with E-state index in [-0.39, 0.29) is 25.7 Å². The molecule has 0 rings (SSSR count). The molecule has 0 aromatic heterocycles. The van der Waals surface area contributed by atoms with Gasteiger partial charge in [-0.05, 0) is 37.5 Å². The molecule has 6 atom stereocenters. The largest absolute Gasteiger partial charge is 0.472 e. The molecule has 0 saturated heterocycles. The zero-order chi connectivity index (χ0) is 70.7. The lowest BCUT2D eigenvalue weighted by molar-refractivity contribution is -0.161. The predicted octanol–water partition coefficient (Wildman–Crippen LogP) is 22.7. The molecular weight excluding hydrogens is 1260 g/mol. The van der Waals surface area contributed by atoms with Gasteiger partial charge >= 0.3 is 39.5 Å². The molecule has 0 spiro atoms. The summed E-state index contributed by atoms with van der Waals surface area (Å²) in [4.78, 5) is 72.9. The molecule has 0 aromatic carbocycles. The van der Waals surface area contributed by atoms with Gasteiger partial charge < -0.3 is 33.8 Å². The Bertz CT molecular complexity index is 1860. The first kappa shape index (κ1) is 94.1. The molecule has 0 aromatic rings. The maximum atomic E-state index is 13.1. The average Bonchev–Trinajstić information content (AvgIpc) is 1.23. The second-order valence-electron chi connectivity index (χ2n) is 28.5. The van der Waals surface area contributed by atoms with E-state index in [1.807, 2.05) is 0 Å². The molecule has 0 amide bonds. The van der Waals surface area contributed by atoms with E-state index in [1.54, 1.807) is 0 Å². The van der Waals surface area contributed by atoms with Gasteiger partial charge in [0.25, 0.3) is 0 Å². The van der Waals surface area contributed by atoms with Gasteiger partial charge in [-0.25, -0.2) is 9.13 Å². The molecule has 0 fully saturated rings. The quantitative estimate of drug-likeness (QED) is 0.0222. The third-order valence-corrected chi connectivity index (χ3v) is 20.2. The van der Waals surface area contributed by atoms with Crippen molar-refractivity contribution in [3.63, 3.8) is 0 Å². The Balaban J connectivity index is 5.27. The van der Waals surface area contributed by atoms with E-state index < -0.39 is 97.5 Å². The number of ether oxygens (including phenoxy) is 4. The van der Waals surface area contributed by atoms with Crippen molar-refractivity contribution < 1.29 is 80.2 Å². The van der Waals surface area contributed by atoms with E-state index in [2.05, 4.69) is 41.5 Å². The van der Waals surface area contributed by atoms with Crippen molar-refractivity contribution >= 4 is 39.5 Å². The van der Waals surface area contributed by atoms with Gasteiger partial charge in [0.05, 0.1) is 26.4 Å². The van der Waals surface area contributed by atoms with Gasteiger partial charge in [0.15, 0.2) is 12.2 Å². The molecule has 3 unspecified atom stereocenters. The van der Waals surface area contributed by atoms with Crippen LogP contribution in [0.15, 0.2) is 0 Å². The maximum Gasteiger partial charge on any atom is 0.472 e. The summed E-state index contributed by atoms with van der Waals surface area (Å²) in [6.07, 6.45) is 56.6. The Hall–Kier alpha value is -1.94. The normalized spacial score (nSPS) is 14.3. The number of carbonyl (C=O) groups excluding carboxylic acids is 4. The van der Waals surface area contributed by atoms with Crippen LogP contribution in [0, 0.1) is 11.8 Å². The summed E-state index contributed by atoms with van der Waals surface area (Å²) in [5.74, 6) is -0.547. The molecule has 17 nitrogen and oxygen atoms in total. The fourth-order valence-electron chi connectivity index (χ4n) is 11.8. The van der Waals surface area contributed by atoms with E-state index in [1.165, 1.54) is 218 Å². The summed E-state index contributed by atoms with van der Waals surface area (Å²) >= 11 is 0. The highest BCUT2D eigenvalue weighted by atomic mass is 31.2. The Kier molecular flexibility index (Phi) is 67.4. The number of aliphatic hydroxyl groups is 1. The Morgan fingerprint density at radius 3 is 0.792 bits per heavy atom. The molecule has 3 N–H and O–H groups in total. The van der Waals surface area contributed by atoms with Crippen molar-refractivity contribution in [2.45, 2.75) is 419 Å². The lowest BCUT2D eigenvalue weighted by Gasteiger charge is -2.21. The summed E-state index contributed by atoms with van der Waals surface area (Å²) in [5, 5.41) is 10.6. The van der Waals surface area contributed by atoms with Gasteiger partial charge in [-0.2, -0.15) is 0 Å². The summed E-state index contributed by atoms with van der Waals surface area (Å²) in [6.45, 7) is 9.63. The second-order valence-corrected chi connectivity index (χ2v) is 31.4. The number of phosphoric acid groups is 2. The average molecular weight is 1410 g/mol. The highest BCUT2D eigenvalue weighted by molar-refractivity contribution is 7.47. The van der Waals surface area contributed by atoms with E-state index in [9.17, 15) is 43.2 Å². The van der Waals surface area contributed by atoms with E-state index in [4.69, 9.17) is 37.0 Å². The first-order chi connectivity index (χ1) is 46.4. The third-order valence-electron chi connectivity index (χ3n) is 18.3. The highest BCUT2D eigenvalue weighted by Gasteiger charge is 2.30. The first-order valence-electron chi connectivity index (χ1n) is 40.0. The molecule has 19 heteroatoms.